The lowest BCUT2D eigenvalue weighted by atomic mass is 9.97. The van der Waals surface area contributed by atoms with Gasteiger partial charge in [0.25, 0.3) is 0 Å². The fraction of sp³-hybridized carbons (Fsp3) is 0.435. The van der Waals surface area contributed by atoms with Gasteiger partial charge in [-0.25, -0.2) is 9.97 Å². The first-order valence-corrected chi connectivity index (χ1v) is 12.0. The molecule has 0 aromatic carbocycles. The molecule has 1 atom stereocenters. The smallest absolute Gasteiger partial charge is 0.164 e. The van der Waals surface area contributed by atoms with E-state index in [0.29, 0.717) is 0 Å². The van der Waals surface area contributed by atoms with Crippen LogP contribution in [0.5, 0.6) is 0 Å². The number of aryl methyl sites for hydroxylation is 3. The van der Waals surface area contributed by atoms with Crippen LogP contribution in [0, 0.1) is 0 Å². The van der Waals surface area contributed by atoms with Gasteiger partial charge in [0.2, 0.25) is 0 Å². The zero-order valence-electron chi connectivity index (χ0n) is 17.6. The van der Waals surface area contributed by atoms with Crippen LogP contribution >= 0.6 is 11.3 Å². The van der Waals surface area contributed by atoms with Crippen LogP contribution in [-0.4, -0.2) is 29.7 Å². The van der Waals surface area contributed by atoms with Gasteiger partial charge >= 0.3 is 0 Å². The van der Waals surface area contributed by atoms with E-state index < -0.39 is 0 Å². The highest BCUT2D eigenvalue weighted by atomic mass is 32.1. The van der Waals surface area contributed by atoms with Crippen molar-refractivity contribution in [2.45, 2.75) is 64.5 Å². The van der Waals surface area contributed by atoms with E-state index in [-0.39, 0.29) is 6.04 Å². The summed E-state index contributed by atoms with van der Waals surface area (Å²) in [7, 11) is 0. The molecule has 4 aromatic heterocycles. The van der Waals surface area contributed by atoms with E-state index >= 15 is 0 Å². The first-order chi connectivity index (χ1) is 15.3. The Hall–Kier alpha value is -2.87. The van der Waals surface area contributed by atoms with Gasteiger partial charge in [-0.2, -0.15) is 0 Å². The van der Waals surface area contributed by atoms with Crippen molar-refractivity contribution in [3.63, 3.8) is 0 Å². The summed E-state index contributed by atoms with van der Waals surface area (Å²) in [5.74, 6) is 3.72. The molecule has 1 aliphatic carbocycles. The van der Waals surface area contributed by atoms with Crippen molar-refractivity contribution in [2.24, 2.45) is 0 Å². The average Bonchev–Trinajstić information content (AvgIpc) is 3.41. The van der Waals surface area contributed by atoms with E-state index in [1.54, 1.807) is 6.20 Å². The molecule has 158 valence electrons. The SMILES string of the molecule is CC(Nc1nc(-c2cccnc2)nc2sc3c(c12)CCCC3)c1nnc2n1CCCC2. The summed E-state index contributed by atoms with van der Waals surface area (Å²) in [6.07, 6.45) is 11.7. The third kappa shape index (κ3) is 3.29. The Morgan fingerprint density at radius 1 is 1.06 bits per heavy atom. The maximum Gasteiger partial charge on any atom is 0.164 e. The molecule has 7 nitrogen and oxygen atoms in total. The number of nitrogens with one attached hydrogen (secondary N) is 1. The van der Waals surface area contributed by atoms with Gasteiger partial charge in [-0.15, -0.1) is 21.5 Å². The summed E-state index contributed by atoms with van der Waals surface area (Å²) in [6, 6.07) is 3.96. The van der Waals surface area contributed by atoms with E-state index in [0.717, 1.165) is 59.5 Å². The minimum atomic E-state index is 0.0124. The Morgan fingerprint density at radius 2 is 1.97 bits per heavy atom. The van der Waals surface area contributed by atoms with Crippen molar-refractivity contribution in [3.8, 4) is 11.4 Å². The minimum Gasteiger partial charge on any atom is -0.360 e. The molecule has 2 aliphatic rings. The predicted octanol–water partition coefficient (Wildman–Crippen LogP) is 4.73. The zero-order valence-corrected chi connectivity index (χ0v) is 18.5. The van der Waals surface area contributed by atoms with Crippen LogP contribution in [0.3, 0.4) is 0 Å². The van der Waals surface area contributed by atoms with Crippen molar-refractivity contribution >= 4 is 27.4 Å². The Morgan fingerprint density at radius 3 is 2.87 bits per heavy atom. The van der Waals surface area contributed by atoms with Gasteiger partial charge < -0.3 is 9.88 Å². The average molecular weight is 432 g/mol. The number of aromatic nitrogens is 6. The third-order valence-corrected chi connectivity index (χ3v) is 7.55. The number of nitrogens with zero attached hydrogens (tertiary/aromatic N) is 6. The van der Waals surface area contributed by atoms with Gasteiger partial charge in [0.15, 0.2) is 11.6 Å². The van der Waals surface area contributed by atoms with E-state index in [1.807, 2.05) is 29.7 Å². The van der Waals surface area contributed by atoms with Crippen LogP contribution in [0.4, 0.5) is 5.82 Å². The fourth-order valence-electron chi connectivity index (χ4n) is 4.81. The molecule has 4 aromatic rings. The lowest BCUT2D eigenvalue weighted by Gasteiger charge is -2.20. The highest BCUT2D eigenvalue weighted by Crippen LogP contribution is 2.40. The van der Waals surface area contributed by atoms with Crippen molar-refractivity contribution in [2.75, 3.05) is 5.32 Å². The number of anilines is 1. The quantitative estimate of drug-likeness (QED) is 0.503. The van der Waals surface area contributed by atoms with Crippen LogP contribution in [0.15, 0.2) is 24.5 Å². The van der Waals surface area contributed by atoms with Crippen LogP contribution in [0.2, 0.25) is 0 Å². The number of hydrogen-bond acceptors (Lipinski definition) is 7. The van der Waals surface area contributed by atoms with Crippen molar-refractivity contribution in [3.05, 3.63) is 46.6 Å². The minimum absolute atomic E-state index is 0.0124. The molecule has 1 N–H and O–H groups in total. The van der Waals surface area contributed by atoms with Gasteiger partial charge in [-0.3, -0.25) is 4.98 Å². The standard InChI is InChI=1S/C23H25N7S/c1-14(22-29-28-18-10-4-5-12-30(18)22)25-21-19-16-8-2-3-9-17(16)31-23(19)27-20(26-21)15-7-6-11-24-13-15/h6-7,11,13-14H,2-5,8-10,12H2,1H3,(H,25,26,27). The molecule has 1 aliphatic heterocycles. The van der Waals surface area contributed by atoms with E-state index in [1.165, 1.54) is 41.5 Å². The Kier molecular flexibility index (Phi) is 4.67. The monoisotopic (exact) mass is 431 g/mol. The Balaban J connectivity index is 1.46. The maximum atomic E-state index is 5.00. The second-order valence-electron chi connectivity index (χ2n) is 8.48. The molecule has 0 spiro atoms. The molecule has 0 radical (unpaired) electrons. The lowest BCUT2D eigenvalue weighted by Crippen LogP contribution is -2.19. The molecule has 0 amide bonds. The topological polar surface area (TPSA) is 81.4 Å². The highest BCUT2D eigenvalue weighted by molar-refractivity contribution is 7.19. The maximum absolute atomic E-state index is 5.00. The molecule has 5 heterocycles. The first-order valence-electron chi connectivity index (χ1n) is 11.2. The molecule has 8 heteroatoms. The molecule has 0 saturated carbocycles. The number of pyridine rings is 1. The molecule has 31 heavy (non-hydrogen) atoms. The van der Waals surface area contributed by atoms with E-state index in [9.17, 15) is 0 Å². The molecule has 1 unspecified atom stereocenters. The molecular formula is C23H25N7S. The third-order valence-electron chi connectivity index (χ3n) is 6.36. The summed E-state index contributed by atoms with van der Waals surface area (Å²) >= 11 is 1.83. The molecule has 6 rings (SSSR count). The second-order valence-corrected chi connectivity index (χ2v) is 9.56. The molecular weight excluding hydrogens is 406 g/mol. The van der Waals surface area contributed by atoms with Crippen molar-refractivity contribution in [1.29, 1.82) is 0 Å². The number of rotatable bonds is 4. The number of hydrogen-bond donors (Lipinski definition) is 1. The Labute approximate surface area is 185 Å². The summed E-state index contributed by atoms with van der Waals surface area (Å²) < 4.78 is 2.28. The Bertz CT molecular complexity index is 1240. The van der Waals surface area contributed by atoms with Gasteiger partial charge in [-0.1, -0.05) is 0 Å². The van der Waals surface area contributed by atoms with Crippen LogP contribution in [0.1, 0.15) is 60.7 Å². The predicted molar refractivity (Wildman–Crippen MR) is 122 cm³/mol. The van der Waals surface area contributed by atoms with Gasteiger partial charge in [0.1, 0.15) is 16.5 Å². The van der Waals surface area contributed by atoms with E-state index in [2.05, 4.69) is 32.0 Å². The van der Waals surface area contributed by atoms with Crippen LogP contribution in [0.25, 0.3) is 21.6 Å². The van der Waals surface area contributed by atoms with Gasteiger partial charge in [0, 0.05) is 35.8 Å². The second kappa shape index (κ2) is 7.67. The van der Waals surface area contributed by atoms with Crippen LogP contribution < -0.4 is 5.32 Å². The molecule has 0 fully saturated rings. The van der Waals surface area contributed by atoms with Gasteiger partial charge in [0.05, 0.1) is 11.4 Å². The summed E-state index contributed by atoms with van der Waals surface area (Å²) in [5, 5.41) is 13.9. The zero-order chi connectivity index (χ0) is 20.8. The largest absolute Gasteiger partial charge is 0.360 e. The number of fused-ring (bicyclic) bond motifs is 4. The summed E-state index contributed by atoms with van der Waals surface area (Å²) in [6.45, 7) is 3.15. The highest BCUT2D eigenvalue weighted by Gasteiger charge is 2.25. The first kappa shape index (κ1) is 18.9. The molecule has 0 bridgehead atoms. The lowest BCUT2D eigenvalue weighted by molar-refractivity contribution is 0.500. The normalized spacial score (nSPS) is 16.7. The van der Waals surface area contributed by atoms with E-state index in [4.69, 9.17) is 9.97 Å². The van der Waals surface area contributed by atoms with Gasteiger partial charge in [-0.05, 0) is 63.1 Å². The summed E-state index contributed by atoms with van der Waals surface area (Å²) in [4.78, 5) is 16.7. The number of thiophene rings is 1. The van der Waals surface area contributed by atoms with Crippen LogP contribution in [-0.2, 0) is 25.8 Å². The van der Waals surface area contributed by atoms with Crippen molar-refractivity contribution in [1.82, 2.24) is 29.7 Å². The van der Waals surface area contributed by atoms with Crippen molar-refractivity contribution < 1.29 is 0 Å². The molecule has 0 saturated heterocycles. The fourth-order valence-corrected chi connectivity index (χ4v) is 6.07. The summed E-state index contributed by atoms with van der Waals surface area (Å²) in [5.41, 5.74) is 2.37.